The molecular formula is C10H8ClN3. The van der Waals surface area contributed by atoms with Gasteiger partial charge in [-0.3, -0.25) is 0 Å². The van der Waals surface area contributed by atoms with Crippen molar-refractivity contribution in [3.8, 4) is 6.07 Å². The van der Waals surface area contributed by atoms with Gasteiger partial charge in [-0.25, -0.2) is 0 Å². The van der Waals surface area contributed by atoms with Gasteiger partial charge in [0.15, 0.2) is 5.17 Å². The summed E-state index contributed by atoms with van der Waals surface area (Å²) in [4.78, 5) is 0. The van der Waals surface area contributed by atoms with Crippen LogP contribution in [0.25, 0.3) is 0 Å². The summed E-state index contributed by atoms with van der Waals surface area (Å²) in [7, 11) is 0. The summed E-state index contributed by atoms with van der Waals surface area (Å²) in [5, 5.41) is 16.0. The summed E-state index contributed by atoms with van der Waals surface area (Å²) in [6, 6.07) is 11.1. The van der Waals surface area contributed by atoms with Crippen molar-refractivity contribution < 1.29 is 0 Å². The third-order valence-electron chi connectivity index (χ3n) is 1.46. The minimum atomic E-state index is 0.277. The van der Waals surface area contributed by atoms with Crippen molar-refractivity contribution in [3.63, 3.8) is 0 Å². The third-order valence-corrected chi connectivity index (χ3v) is 1.76. The van der Waals surface area contributed by atoms with Crippen molar-refractivity contribution in [1.29, 1.82) is 5.26 Å². The van der Waals surface area contributed by atoms with E-state index in [0.29, 0.717) is 0 Å². The van der Waals surface area contributed by atoms with Crippen molar-refractivity contribution in [2.45, 2.75) is 6.92 Å². The van der Waals surface area contributed by atoms with Gasteiger partial charge in [-0.15, -0.1) is 10.2 Å². The molecule has 0 saturated carbocycles. The van der Waals surface area contributed by atoms with Crippen molar-refractivity contribution in [2.75, 3.05) is 0 Å². The molecule has 0 bridgehead atoms. The van der Waals surface area contributed by atoms with Crippen LogP contribution >= 0.6 is 11.6 Å². The van der Waals surface area contributed by atoms with Crippen LogP contribution in [0.15, 0.2) is 40.5 Å². The Morgan fingerprint density at radius 3 is 2.50 bits per heavy atom. The zero-order chi connectivity index (χ0) is 10.4. The summed E-state index contributed by atoms with van der Waals surface area (Å²) in [5.74, 6) is 0. The van der Waals surface area contributed by atoms with Crippen LogP contribution in [0, 0.1) is 11.3 Å². The van der Waals surface area contributed by atoms with Gasteiger partial charge in [0.05, 0.1) is 0 Å². The zero-order valence-corrected chi connectivity index (χ0v) is 8.36. The van der Waals surface area contributed by atoms with Crippen LogP contribution in [0.1, 0.15) is 12.5 Å². The van der Waals surface area contributed by atoms with Crippen LogP contribution in [0.4, 0.5) is 0 Å². The Kier molecular flexibility index (Phi) is 3.84. The zero-order valence-electron chi connectivity index (χ0n) is 7.61. The van der Waals surface area contributed by atoms with Gasteiger partial charge in [-0.2, -0.15) is 5.26 Å². The van der Waals surface area contributed by atoms with Gasteiger partial charge >= 0.3 is 0 Å². The van der Waals surface area contributed by atoms with E-state index in [1.165, 1.54) is 0 Å². The van der Waals surface area contributed by atoms with E-state index < -0.39 is 0 Å². The Bertz CT molecular complexity index is 401. The number of benzene rings is 1. The Morgan fingerprint density at radius 2 is 1.93 bits per heavy atom. The van der Waals surface area contributed by atoms with Gasteiger partial charge < -0.3 is 0 Å². The molecule has 0 amide bonds. The second kappa shape index (κ2) is 5.15. The number of rotatable bonds is 2. The summed E-state index contributed by atoms with van der Waals surface area (Å²) in [5.41, 5.74) is 1.06. The predicted molar refractivity (Wildman–Crippen MR) is 57.6 cm³/mol. The molecule has 1 rings (SSSR count). The quantitative estimate of drug-likeness (QED) is 0.541. The molecular weight excluding hydrogens is 198 g/mol. The largest absolute Gasteiger partial charge is 0.191 e. The highest BCUT2D eigenvalue weighted by Crippen LogP contribution is 2.04. The van der Waals surface area contributed by atoms with Crippen LogP contribution in [-0.4, -0.2) is 10.9 Å². The second-order valence-electron chi connectivity index (χ2n) is 2.55. The van der Waals surface area contributed by atoms with Crippen LogP contribution in [0.5, 0.6) is 0 Å². The molecule has 3 nitrogen and oxygen atoms in total. The molecule has 14 heavy (non-hydrogen) atoms. The SMILES string of the molecule is C/C(C#N)=N/N=C(\Cl)c1ccccc1. The van der Waals surface area contributed by atoms with Gasteiger partial charge in [0.2, 0.25) is 0 Å². The predicted octanol–water partition coefficient (Wildman–Crippen LogP) is 2.57. The van der Waals surface area contributed by atoms with E-state index in [9.17, 15) is 0 Å². The second-order valence-corrected chi connectivity index (χ2v) is 2.91. The van der Waals surface area contributed by atoms with Crippen LogP contribution in [0.2, 0.25) is 0 Å². The maximum Gasteiger partial charge on any atom is 0.158 e. The summed E-state index contributed by atoms with van der Waals surface area (Å²) < 4.78 is 0. The molecule has 1 aromatic rings. The van der Waals surface area contributed by atoms with Gasteiger partial charge in [0.25, 0.3) is 0 Å². The molecule has 0 unspecified atom stereocenters. The Labute approximate surface area is 87.3 Å². The first-order valence-electron chi connectivity index (χ1n) is 3.97. The Balaban J connectivity index is 2.87. The standard InChI is InChI=1S/C10H8ClN3/c1-8(7-12)13-14-10(11)9-5-3-2-4-6-9/h2-6H,1H3/b13-8-,14-10-. The van der Waals surface area contributed by atoms with Crippen LogP contribution in [0.3, 0.4) is 0 Å². The molecule has 70 valence electrons. The first-order valence-corrected chi connectivity index (χ1v) is 4.35. The van der Waals surface area contributed by atoms with Gasteiger partial charge in [0.1, 0.15) is 11.8 Å². The molecule has 0 aromatic heterocycles. The van der Waals surface area contributed by atoms with Crippen LogP contribution < -0.4 is 0 Å². The van der Waals surface area contributed by atoms with E-state index in [-0.39, 0.29) is 10.9 Å². The molecule has 0 radical (unpaired) electrons. The van der Waals surface area contributed by atoms with Crippen LogP contribution in [-0.2, 0) is 0 Å². The lowest BCUT2D eigenvalue weighted by molar-refractivity contribution is 1.24. The summed E-state index contributed by atoms with van der Waals surface area (Å²) in [6.45, 7) is 1.57. The molecule has 0 spiro atoms. The number of hydrogen-bond donors (Lipinski definition) is 0. The molecule has 0 fully saturated rings. The lowest BCUT2D eigenvalue weighted by Gasteiger charge is -1.93. The molecule has 0 aliphatic heterocycles. The van der Waals surface area contributed by atoms with E-state index in [1.54, 1.807) is 6.92 Å². The third kappa shape index (κ3) is 3.00. The molecule has 0 aliphatic rings. The minimum absolute atomic E-state index is 0.277. The molecule has 0 aliphatic carbocycles. The Morgan fingerprint density at radius 1 is 1.29 bits per heavy atom. The highest BCUT2D eigenvalue weighted by atomic mass is 35.5. The number of nitriles is 1. The molecule has 4 heteroatoms. The average Bonchev–Trinajstić information content (AvgIpc) is 2.26. The minimum Gasteiger partial charge on any atom is -0.191 e. The van der Waals surface area contributed by atoms with E-state index in [4.69, 9.17) is 16.9 Å². The molecule has 0 saturated heterocycles. The first-order chi connectivity index (χ1) is 6.74. The molecule has 0 heterocycles. The molecule has 0 N–H and O–H groups in total. The highest BCUT2D eigenvalue weighted by Gasteiger charge is 1.96. The van der Waals surface area contributed by atoms with Gasteiger partial charge in [-0.1, -0.05) is 41.9 Å². The Hall–Kier alpha value is -1.66. The number of hydrogen-bond acceptors (Lipinski definition) is 3. The fourth-order valence-electron chi connectivity index (χ4n) is 0.775. The summed E-state index contributed by atoms with van der Waals surface area (Å²) in [6.07, 6.45) is 0. The van der Waals surface area contributed by atoms with E-state index in [2.05, 4.69) is 10.2 Å². The van der Waals surface area contributed by atoms with Crippen molar-refractivity contribution in [2.24, 2.45) is 10.2 Å². The maximum absolute atomic E-state index is 8.43. The lowest BCUT2D eigenvalue weighted by Crippen LogP contribution is -1.90. The normalized spacial score (nSPS) is 12.4. The average molecular weight is 206 g/mol. The summed E-state index contributed by atoms with van der Waals surface area (Å²) >= 11 is 5.84. The van der Waals surface area contributed by atoms with Crippen molar-refractivity contribution >= 4 is 22.5 Å². The van der Waals surface area contributed by atoms with Crippen molar-refractivity contribution in [1.82, 2.24) is 0 Å². The lowest BCUT2D eigenvalue weighted by atomic mass is 10.2. The topological polar surface area (TPSA) is 48.5 Å². The van der Waals surface area contributed by atoms with Crippen molar-refractivity contribution in [3.05, 3.63) is 35.9 Å². The van der Waals surface area contributed by atoms with E-state index in [1.807, 2.05) is 36.4 Å². The highest BCUT2D eigenvalue weighted by molar-refractivity contribution is 6.69. The number of nitrogens with zero attached hydrogens (tertiary/aromatic N) is 3. The fraction of sp³-hybridized carbons (Fsp3) is 0.100. The molecule has 0 atom stereocenters. The van der Waals surface area contributed by atoms with E-state index in [0.717, 1.165) is 5.56 Å². The monoisotopic (exact) mass is 205 g/mol. The smallest absolute Gasteiger partial charge is 0.158 e. The number of halogens is 1. The molecule has 1 aromatic carbocycles. The fourth-order valence-corrected chi connectivity index (χ4v) is 0.938. The van der Waals surface area contributed by atoms with E-state index >= 15 is 0 Å². The van der Waals surface area contributed by atoms with Gasteiger partial charge in [0, 0.05) is 5.56 Å². The maximum atomic E-state index is 8.43. The van der Waals surface area contributed by atoms with Gasteiger partial charge in [-0.05, 0) is 6.92 Å². The first kappa shape index (κ1) is 10.4.